The third kappa shape index (κ3) is 3.89. The molecule has 0 spiro atoms. The van der Waals surface area contributed by atoms with E-state index in [9.17, 15) is 0 Å². The van der Waals surface area contributed by atoms with Gasteiger partial charge in [0.2, 0.25) is 0 Å². The zero-order valence-corrected chi connectivity index (χ0v) is 17.3. The Balaban J connectivity index is 2.08. The summed E-state index contributed by atoms with van der Waals surface area (Å²) >= 11 is 2.73. The van der Waals surface area contributed by atoms with Crippen LogP contribution in [0.1, 0.15) is 50.7 Å². The van der Waals surface area contributed by atoms with Crippen molar-refractivity contribution in [3.63, 3.8) is 0 Å². The first-order valence-corrected chi connectivity index (χ1v) is 9.94. The van der Waals surface area contributed by atoms with Gasteiger partial charge in [0.05, 0.1) is 0 Å². The summed E-state index contributed by atoms with van der Waals surface area (Å²) in [5, 5.41) is 0. The van der Waals surface area contributed by atoms with Gasteiger partial charge in [-0.2, -0.15) is 0 Å². The van der Waals surface area contributed by atoms with E-state index in [1.165, 1.54) is 37.8 Å². The summed E-state index contributed by atoms with van der Waals surface area (Å²) < 4.78 is 1.26. The van der Waals surface area contributed by atoms with Crippen LogP contribution in [-0.4, -0.2) is 16.0 Å². The Bertz CT molecular complexity index is 840. The van der Waals surface area contributed by atoms with Gasteiger partial charge in [0.25, 0.3) is 0 Å². The zero-order valence-electron chi connectivity index (χ0n) is 15.5. The number of benzene rings is 3. The van der Waals surface area contributed by atoms with E-state index in [0.717, 1.165) is 0 Å². The van der Waals surface area contributed by atoms with Crippen molar-refractivity contribution in [2.45, 2.75) is 39.5 Å². The molecule has 3 aromatic rings. The van der Waals surface area contributed by atoms with E-state index < -0.39 is 0 Å². The summed E-state index contributed by atoms with van der Waals surface area (Å²) in [6, 6.07) is 24.6. The molecule has 0 fully saturated rings. The Morgan fingerprint density at radius 1 is 0.600 bits per heavy atom. The van der Waals surface area contributed by atoms with Crippen LogP contribution in [-0.2, 0) is 0 Å². The maximum absolute atomic E-state index is 2.73. The minimum atomic E-state index is 0.560. The van der Waals surface area contributed by atoms with Gasteiger partial charge in [0.1, 0.15) is 0 Å². The molecule has 0 aliphatic rings. The minimum absolute atomic E-state index is 0.560. The van der Waals surface area contributed by atoms with Crippen molar-refractivity contribution in [2.75, 3.05) is 0 Å². The average molecular weight is 393 g/mol. The van der Waals surface area contributed by atoms with Gasteiger partial charge < -0.3 is 0 Å². The first-order valence-electron chi connectivity index (χ1n) is 9.00. The molecule has 128 valence electrons. The molecule has 0 saturated heterocycles. The fourth-order valence-electron chi connectivity index (χ4n) is 3.17. The quantitative estimate of drug-likeness (QED) is 0.492. The third-order valence-corrected chi connectivity index (χ3v) is 5.58. The van der Waals surface area contributed by atoms with Gasteiger partial charge in [-0.25, -0.2) is 0 Å². The van der Waals surface area contributed by atoms with Crippen LogP contribution in [0.2, 0.25) is 0 Å². The molecule has 0 nitrogen and oxygen atoms in total. The third-order valence-electron chi connectivity index (χ3n) is 4.80. The van der Waals surface area contributed by atoms with Crippen molar-refractivity contribution < 1.29 is 0 Å². The molecule has 0 amide bonds. The molecule has 0 unspecified atom stereocenters. The van der Waals surface area contributed by atoms with E-state index in [4.69, 9.17) is 0 Å². The molecule has 0 aliphatic carbocycles. The number of hydrogen-bond donors (Lipinski definition) is 0. The van der Waals surface area contributed by atoms with Crippen LogP contribution in [0.25, 0.3) is 22.3 Å². The Morgan fingerprint density at radius 2 is 1.08 bits per heavy atom. The second-order valence-electron chi connectivity index (χ2n) is 7.25. The molecule has 0 N–H and O–H groups in total. The molecule has 3 aromatic carbocycles. The van der Waals surface area contributed by atoms with Crippen LogP contribution in [0.5, 0.6) is 0 Å². The molecular formula is C24H26Se. The van der Waals surface area contributed by atoms with Gasteiger partial charge in [-0.15, -0.1) is 0 Å². The normalized spacial score (nSPS) is 11.3. The van der Waals surface area contributed by atoms with E-state index in [1.807, 2.05) is 0 Å². The van der Waals surface area contributed by atoms with E-state index in [1.54, 1.807) is 0 Å². The number of hydrogen-bond acceptors (Lipinski definition) is 0. The Hall–Kier alpha value is -1.82. The second kappa shape index (κ2) is 7.60. The van der Waals surface area contributed by atoms with E-state index in [-0.39, 0.29) is 0 Å². The van der Waals surface area contributed by atoms with E-state index in [0.29, 0.717) is 11.8 Å². The number of rotatable bonds is 4. The Kier molecular flexibility index (Phi) is 5.47. The predicted octanol–water partition coefficient (Wildman–Crippen LogP) is 5.79. The summed E-state index contributed by atoms with van der Waals surface area (Å²) in [7, 11) is 0. The maximum atomic E-state index is 2.73. The molecule has 0 radical (unpaired) electrons. The molecule has 0 aliphatic heterocycles. The first-order chi connectivity index (χ1) is 12.0. The van der Waals surface area contributed by atoms with Gasteiger partial charge in [-0.3, -0.25) is 0 Å². The molecule has 25 heavy (non-hydrogen) atoms. The van der Waals surface area contributed by atoms with Crippen molar-refractivity contribution in [1.82, 2.24) is 0 Å². The van der Waals surface area contributed by atoms with Crippen molar-refractivity contribution in [1.29, 1.82) is 0 Å². The summed E-state index contributed by atoms with van der Waals surface area (Å²) in [5.74, 6) is 1.12. The van der Waals surface area contributed by atoms with E-state index in [2.05, 4.69) is 110 Å². The van der Waals surface area contributed by atoms with Crippen LogP contribution >= 0.6 is 0 Å². The SMILES string of the molecule is CC(C)c1ccc(-c2cccc([SeH])c2-c2ccc(C(C)C)cc2)cc1. The molecule has 0 aromatic heterocycles. The first kappa shape index (κ1) is 18.0. The second-order valence-corrected chi connectivity index (χ2v) is 8.26. The summed E-state index contributed by atoms with van der Waals surface area (Å²) in [6.45, 7) is 8.95. The molecule has 0 atom stereocenters. The molecule has 0 saturated carbocycles. The van der Waals surface area contributed by atoms with Crippen LogP contribution in [0, 0.1) is 0 Å². The van der Waals surface area contributed by atoms with Crippen LogP contribution in [0.3, 0.4) is 0 Å². The molecule has 3 rings (SSSR count). The van der Waals surface area contributed by atoms with E-state index >= 15 is 0 Å². The topological polar surface area (TPSA) is 0 Å². The van der Waals surface area contributed by atoms with Crippen LogP contribution in [0.4, 0.5) is 0 Å². The fraction of sp³-hybridized carbons (Fsp3) is 0.250. The zero-order chi connectivity index (χ0) is 18.0. The van der Waals surface area contributed by atoms with Gasteiger partial charge in [0.15, 0.2) is 0 Å². The van der Waals surface area contributed by atoms with Gasteiger partial charge in [-0.05, 0) is 0 Å². The standard InChI is InChI=1S/C24H26Se/c1-16(2)18-8-12-20(13-9-18)22-6-5-7-23(25)24(22)21-14-10-19(11-15-21)17(3)4/h5-17,25H,1-4H3. The average Bonchev–Trinajstić information content (AvgIpc) is 2.61. The van der Waals surface area contributed by atoms with Crippen molar-refractivity contribution in [2.24, 2.45) is 0 Å². The van der Waals surface area contributed by atoms with Gasteiger partial charge in [0, 0.05) is 0 Å². The monoisotopic (exact) mass is 394 g/mol. The summed E-state index contributed by atoms with van der Waals surface area (Å²) in [5.41, 5.74) is 7.94. The molecule has 0 heterocycles. The molecule has 1 heteroatoms. The predicted molar refractivity (Wildman–Crippen MR) is 112 cm³/mol. The van der Waals surface area contributed by atoms with Crippen molar-refractivity contribution in [3.8, 4) is 22.3 Å². The van der Waals surface area contributed by atoms with Gasteiger partial charge in [-0.1, -0.05) is 0 Å². The van der Waals surface area contributed by atoms with Crippen molar-refractivity contribution >= 4 is 20.5 Å². The van der Waals surface area contributed by atoms with Crippen LogP contribution < -0.4 is 4.46 Å². The van der Waals surface area contributed by atoms with Gasteiger partial charge >= 0.3 is 160 Å². The summed E-state index contributed by atoms with van der Waals surface area (Å²) in [4.78, 5) is 0. The fourth-order valence-corrected chi connectivity index (χ4v) is 3.87. The van der Waals surface area contributed by atoms with Crippen LogP contribution in [0.15, 0.2) is 66.7 Å². The van der Waals surface area contributed by atoms with Crippen molar-refractivity contribution in [3.05, 3.63) is 77.9 Å². The Morgan fingerprint density at radius 3 is 1.56 bits per heavy atom. The summed E-state index contributed by atoms with van der Waals surface area (Å²) in [6.07, 6.45) is 0. The molecule has 0 bridgehead atoms. The Labute approximate surface area is 160 Å². The molecular weight excluding hydrogens is 367 g/mol.